The van der Waals surface area contributed by atoms with Gasteiger partial charge in [0, 0.05) is 6.04 Å². The van der Waals surface area contributed by atoms with Crippen LogP contribution in [0.2, 0.25) is 0 Å². The Morgan fingerprint density at radius 2 is 2.00 bits per heavy atom. The minimum Gasteiger partial charge on any atom is -0.494 e. The van der Waals surface area contributed by atoms with E-state index in [1.54, 1.807) is 0 Å². The third-order valence-corrected chi connectivity index (χ3v) is 3.65. The van der Waals surface area contributed by atoms with E-state index >= 15 is 0 Å². The number of hydrogen-bond acceptors (Lipinski definition) is 2. The predicted molar refractivity (Wildman–Crippen MR) is 76.0 cm³/mol. The summed E-state index contributed by atoms with van der Waals surface area (Å²) >= 11 is 0. The quantitative estimate of drug-likeness (QED) is 0.769. The van der Waals surface area contributed by atoms with Gasteiger partial charge in [0.15, 0.2) is 0 Å². The van der Waals surface area contributed by atoms with Crippen molar-refractivity contribution in [3.05, 3.63) is 29.8 Å². The number of ether oxygens (including phenoxy) is 1. The smallest absolute Gasteiger partial charge is 0.119 e. The average molecular weight is 247 g/mol. The molecule has 1 saturated heterocycles. The SMILES string of the molecule is CCCCCOc1ccc([C@@H]2C[C@H](C)CN2)cc1. The minimum atomic E-state index is 0.536. The lowest BCUT2D eigenvalue weighted by Gasteiger charge is -2.12. The summed E-state index contributed by atoms with van der Waals surface area (Å²) in [5.74, 6) is 1.79. The number of hydrogen-bond donors (Lipinski definition) is 1. The topological polar surface area (TPSA) is 21.3 Å². The Bertz CT molecular complexity index is 347. The maximum absolute atomic E-state index is 5.73. The lowest BCUT2D eigenvalue weighted by Crippen LogP contribution is -2.13. The molecule has 1 aliphatic heterocycles. The van der Waals surface area contributed by atoms with Crippen molar-refractivity contribution < 1.29 is 4.74 Å². The van der Waals surface area contributed by atoms with Crippen LogP contribution in [0.4, 0.5) is 0 Å². The van der Waals surface area contributed by atoms with Gasteiger partial charge in [-0.25, -0.2) is 0 Å². The summed E-state index contributed by atoms with van der Waals surface area (Å²) in [6.07, 6.45) is 4.90. The van der Waals surface area contributed by atoms with E-state index in [0.29, 0.717) is 6.04 Å². The molecule has 0 bridgehead atoms. The van der Waals surface area contributed by atoms with Crippen LogP contribution < -0.4 is 10.1 Å². The van der Waals surface area contributed by atoms with Crippen molar-refractivity contribution >= 4 is 0 Å². The highest BCUT2D eigenvalue weighted by Gasteiger charge is 2.21. The van der Waals surface area contributed by atoms with Gasteiger partial charge in [-0.2, -0.15) is 0 Å². The van der Waals surface area contributed by atoms with Crippen LogP contribution in [-0.4, -0.2) is 13.2 Å². The number of rotatable bonds is 6. The molecule has 2 nitrogen and oxygen atoms in total. The van der Waals surface area contributed by atoms with Gasteiger partial charge in [-0.15, -0.1) is 0 Å². The Hall–Kier alpha value is -1.02. The van der Waals surface area contributed by atoms with Crippen molar-refractivity contribution in [2.24, 2.45) is 5.92 Å². The summed E-state index contributed by atoms with van der Waals surface area (Å²) in [6.45, 7) is 6.49. The zero-order valence-corrected chi connectivity index (χ0v) is 11.6. The van der Waals surface area contributed by atoms with Crippen LogP contribution in [0.5, 0.6) is 5.75 Å². The first-order valence-electron chi connectivity index (χ1n) is 7.25. The van der Waals surface area contributed by atoms with Gasteiger partial charge < -0.3 is 10.1 Å². The largest absolute Gasteiger partial charge is 0.494 e. The molecule has 1 aromatic rings. The van der Waals surface area contributed by atoms with Crippen molar-refractivity contribution in [2.45, 2.75) is 45.6 Å². The highest BCUT2D eigenvalue weighted by Crippen LogP contribution is 2.27. The Labute approximate surface area is 111 Å². The summed E-state index contributed by atoms with van der Waals surface area (Å²) in [7, 11) is 0. The van der Waals surface area contributed by atoms with E-state index in [4.69, 9.17) is 4.74 Å². The van der Waals surface area contributed by atoms with E-state index in [1.807, 2.05) is 0 Å². The molecule has 0 aliphatic carbocycles. The molecule has 0 spiro atoms. The molecule has 0 radical (unpaired) electrons. The fraction of sp³-hybridized carbons (Fsp3) is 0.625. The van der Waals surface area contributed by atoms with E-state index in [1.165, 1.54) is 24.8 Å². The third-order valence-electron chi connectivity index (χ3n) is 3.65. The van der Waals surface area contributed by atoms with Gasteiger partial charge in [0.1, 0.15) is 5.75 Å². The molecule has 18 heavy (non-hydrogen) atoms. The molecular weight excluding hydrogens is 222 g/mol. The average Bonchev–Trinajstić information content (AvgIpc) is 2.82. The molecule has 1 fully saturated rings. The van der Waals surface area contributed by atoms with Crippen molar-refractivity contribution in [1.29, 1.82) is 0 Å². The number of benzene rings is 1. The number of unbranched alkanes of at least 4 members (excludes halogenated alkanes) is 2. The van der Waals surface area contributed by atoms with Crippen LogP contribution >= 0.6 is 0 Å². The molecule has 0 amide bonds. The molecule has 100 valence electrons. The van der Waals surface area contributed by atoms with Crippen molar-refractivity contribution in [2.75, 3.05) is 13.2 Å². The van der Waals surface area contributed by atoms with Crippen LogP contribution in [0.3, 0.4) is 0 Å². The molecule has 1 aromatic carbocycles. The molecule has 2 atom stereocenters. The summed E-state index contributed by atoms with van der Waals surface area (Å²) in [6, 6.07) is 9.14. The van der Waals surface area contributed by atoms with E-state index < -0.39 is 0 Å². The third kappa shape index (κ3) is 3.74. The lowest BCUT2D eigenvalue weighted by molar-refractivity contribution is 0.306. The van der Waals surface area contributed by atoms with Gasteiger partial charge in [-0.1, -0.05) is 38.8 Å². The van der Waals surface area contributed by atoms with Crippen LogP contribution in [-0.2, 0) is 0 Å². The molecule has 1 aliphatic rings. The van der Waals surface area contributed by atoms with E-state index in [0.717, 1.165) is 31.2 Å². The van der Waals surface area contributed by atoms with Gasteiger partial charge >= 0.3 is 0 Å². The molecule has 0 saturated carbocycles. The second-order valence-corrected chi connectivity index (χ2v) is 5.43. The molecule has 1 heterocycles. The van der Waals surface area contributed by atoms with Gasteiger partial charge in [-0.3, -0.25) is 0 Å². The summed E-state index contributed by atoms with van der Waals surface area (Å²) in [5, 5.41) is 3.56. The Balaban J connectivity index is 1.82. The fourth-order valence-corrected chi connectivity index (χ4v) is 2.50. The molecule has 0 unspecified atom stereocenters. The van der Waals surface area contributed by atoms with Crippen LogP contribution in [0.1, 0.15) is 51.1 Å². The van der Waals surface area contributed by atoms with Gasteiger partial charge in [0.05, 0.1) is 6.61 Å². The first kappa shape index (κ1) is 13.4. The van der Waals surface area contributed by atoms with E-state index in [-0.39, 0.29) is 0 Å². The molecule has 2 rings (SSSR count). The fourth-order valence-electron chi connectivity index (χ4n) is 2.50. The summed E-state index contributed by atoms with van der Waals surface area (Å²) in [4.78, 5) is 0. The van der Waals surface area contributed by atoms with E-state index in [9.17, 15) is 0 Å². The summed E-state index contributed by atoms with van der Waals surface area (Å²) < 4.78 is 5.73. The minimum absolute atomic E-state index is 0.536. The zero-order valence-electron chi connectivity index (χ0n) is 11.6. The van der Waals surface area contributed by atoms with E-state index in [2.05, 4.69) is 43.4 Å². The Morgan fingerprint density at radius 3 is 2.61 bits per heavy atom. The number of nitrogens with one attached hydrogen (secondary N) is 1. The highest BCUT2D eigenvalue weighted by atomic mass is 16.5. The molecule has 2 heteroatoms. The Morgan fingerprint density at radius 1 is 1.22 bits per heavy atom. The van der Waals surface area contributed by atoms with Crippen LogP contribution in [0.25, 0.3) is 0 Å². The highest BCUT2D eigenvalue weighted by molar-refractivity contribution is 5.29. The van der Waals surface area contributed by atoms with Gasteiger partial charge in [-0.05, 0) is 43.0 Å². The normalized spacial score (nSPS) is 23.2. The monoisotopic (exact) mass is 247 g/mol. The molecule has 0 aromatic heterocycles. The second kappa shape index (κ2) is 6.79. The zero-order chi connectivity index (χ0) is 12.8. The van der Waals surface area contributed by atoms with Gasteiger partial charge in [0.25, 0.3) is 0 Å². The molecule has 1 N–H and O–H groups in total. The first-order valence-corrected chi connectivity index (χ1v) is 7.25. The maximum Gasteiger partial charge on any atom is 0.119 e. The lowest BCUT2D eigenvalue weighted by atomic mass is 10.0. The van der Waals surface area contributed by atoms with Crippen molar-refractivity contribution in [3.8, 4) is 5.75 Å². The predicted octanol–water partition coefficient (Wildman–Crippen LogP) is 3.93. The van der Waals surface area contributed by atoms with Crippen LogP contribution in [0, 0.1) is 5.92 Å². The standard InChI is InChI=1S/C16H25NO/c1-3-4-5-10-18-15-8-6-14(7-9-15)16-11-13(2)12-17-16/h6-9,13,16-17H,3-5,10-12H2,1-2H3/t13-,16-/m0/s1. The Kier molecular flexibility index (Phi) is 5.06. The van der Waals surface area contributed by atoms with Crippen molar-refractivity contribution in [3.63, 3.8) is 0 Å². The van der Waals surface area contributed by atoms with Crippen molar-refractivity contribution in [1.82, 2.24) is 5.32 Å². The maximum atomic E-state index is 5.73. The summed E-state index contributed by atoms with van der Waals surface area (Å²) in [5.41, 5.74) is 1.39. The van der Waals surface area contributed by atoms with Crippen LogP contribution in [0.15, 0.2) is 24.3 Å². The second-order valence-electron chi connectivity index (χ2n) is 5.43. The first-order chi connectivity index (χ1) is 8.79. The van der Waals surface area contributed by atoms with Gasteiger partial charge in [0.2, 0.25) is 0 Å². The molecular formula is C16H25NO.